The predicted molar refractivity (Wildman–Crippen MR) is 70.5 cm³/mol. The number of nitrogens with one attached hydrogen (secondary N) is 2. The van der Waals surface area contributed by atoms with Gasteiger partial charge in [-0.05, 0) is 12.3 Å². The number of nitrogens with zero attached hydrogens (tertiary/aromatic N) is 2. The zero-order valence-electron chi connectivity index (χ0n) is 10.6. The molecule has 2 N–H and O–H groups in total. The Labute approximate surface area is 106 Å². The largest absolute Gasteiger partial charge is 0.360 e. The van der Waals surface area contributed by atoms with Crippen LogP contribution in [-0.4, -0.2) is 29.2 Å². The summed E-state index contributed by atoms with van der Waals surface area (Å²) in [7, 11) is 0. The van der Waals surface area contributed by atoms with Gasteiger partial charge in [0.2, 0.25) is 10.1 Å². The minimum Gasteiger partial charge on any atom is -0.360 e. The number of anilines is 1. The van der Waals surface area contributed by atoms with E-state index in [1.54, 1.807) is 0 Å². The van der Waals surface area contributed by atoms with Crippen LogP contribution in [-0.2, 0) is 0 Å². The van der Waals surface area contributed by atoms with Gasteiger partial charge in [0.1, 0.15) is 0 Å². The number of aromatic nitrogens is 2. The molecule has 96 valence electrons. The lowest BCUT2D eigenvalue weighted by Crippen LogP contribution is -2.27. The van der Waals surface area contributed by atoms with Gasteiger partial charge in [0.05, 0.1) is 0 Å². The van der Waals surface area contributed by atoms with Gasteiger partial charge in [-0.1, -0.05) is 38.5 Å². The van der Waals surface area contributed by atoms with E-state index in [-0.39, 0.29) is 5.91 Å². The van der Waals surface area contributed by atoms with Crippen molar-refractivity contribution in [3.05, 3.63) is 5.01 Å². The Bertz CT molecular complexity index is 353. The zero-order valence-corrected chi connectivity index (χ0v) is 11.4. The second-order valence-corrected chi connectivity index (χ2v) is 5.04. The minimum atomic E-state index is -0.132. The number of amides is 1. The van der Waals surface area contributed by atoms with Gasteiger partial charge in [0, 0.05) is 13.1 Å². The molecule has 0 fully saturated rings. The fourth-order valence-corrected chi connectivity index (χ4v) is 1.79. The summed E-state index contributed by atoms with van der Waals surface area (Å²) in [4.78, 5) is 11.7. The number of carbonyl (C=O) groups excluding carboxylic acids is 1. The molecule has 5 nitrogen and oxygen atoms in total. The van der Waals surface area contributed by atoms with Crippen molar-refractivity contribution in [2.45, 2.75) is 33.6 Å². The minimum absolute atomic E-state index is 0.132. The van der Waals surface area contributed by atoms with Crippen molar-refractivity contribution in [2.75, 3.05) is 18.4 Å². The maximum absolute atomic E-state index is 11.7. The average molecular weight is 256 g/mol. The van der Waals surface area contributed by atoms with Crippen molar-refractivity contribution >= 4 is 22.4 Å². The van der Waals surface area contributed by atoms with Gasteiger partial charge < -0.3 is 10.6 Å². The molecular formula is C11H20N4OS. The van der Waals surface area contributed by atoms with E-state index in [1.807, 2.05) is 0 Å². The molecule has 1 aromatic rings. The molecular weight excluding hydrogens is 236 g/mol. The van der Waals surface area contributed by atoms with Crippen LogP contribution >= 0.6 is 11.3 Å². The van der Waals surface area contributed by atoms with Crippen molar-refractivity contribution < 1.29 is 4.79 Å². The molecule has 1 heterocycles. The van der Waals surface area contributed by atoms with Crippen molar-refractivity contribution in [3.8, 4) is 0 Å². The van der Waals surface area contributed by atoms with Gasteiger partial charge in [-0.15, -0.1) is 10.2 Å². The molecule has 0 aliphatic heterocycles. The van der Waals surface area contributed by atoms with E-state index in [2.05, 4.69) is 41.6 Å². The van der Waals surface area contributed by atoms with E-state index < -0.39 is 0 Å². The van der Waals surface area contributed by atoms with Gasteiger partial charge in [0.25, 0.3) is 5.91 Å². The highest BCUT2D eigenvalue weighted by atomic mass is 32.1. The van der Waals surface area contributed by atoms with E-state index in [1.165, 1.54) is 11.3 Å². The van der Waals surface area contributed by atoms with Crippen LogP contribution in [0, 0.1) is 5.92 Å². The lowest BCUT2D eigenvalue weighted by atomic mass is 10.1. The van der Waals surface area contributed by atoms with Gasteiger partial charge in [-0.3, -0.25) is 4.79 Å². The topological polar surface area (TPSA) is 66.9 Å². The molecule has 1 atom stereocenters. The van der Waals surface area contributed by atoms with E-state index in [9.17, 15) is 4.79 Å². The van der Waals surface area contributed by atoms with Gasteiger partial charge in [0.15, 0.2) is 0 Å². The number of hydrogen-bond acceptors (Lipinski definition) is 5. The summed E-state index contributed by atoms with van der Waals surface area (Å²) in [5, 5.41) is 14.9. The lowest BCUT2D eigenvalue weighted by Gasteiger charge is -2.08. The zero-order chi connectivity index (χ0) is 12.7. The summed E-state index contributed by atoms with van der Waals surface area (Å²) in [6.45, 7) is 7.83. The van der Waals surface area contributed by atoms with Crippen molar-refractivity contribution in [1.29, 1.82) is 0 Å². The van der Waals surface area contributed by atoms with Crippen LogP contribution in [0.4, 0.5) is 5.13 Å². The van der Waals surface area contributed by atoms with E-state index in [0.29, 0.717) is 22.6 Å². The molecule has 0 aliphatic carbocycles. The summed E-state index contributed by atoms with van der Waals surface area (Å²) in [6, 6.07) is 0. The summed E-state index contributed by atoms with van der Waals surface area (Å²) in [6.07, 6.45) is 2.08. The Balaban J connectivity index is 2.43. The first-order valence-corrected chi connectivity index (χ1v) is 6.84. The quantitative estimate of drug-likeness (QED) is 0.784. The highest BCUT2D eigenvalue weighted by Crippen LogP contribution is 2.14. The van der Waals surface area contributed by atoms with Crippen LogP contribution in [0.5, 0.6) is 0 Å². The number of rotatable bonds is 7. The Kier molecular flexibility index (Phi) is 5.90. The van der Waals surface area contributed by atoms with Crippen LogP contribution in [0.15, 0.2) is 0 Å². The first kappa shape index (κ1) is 13.9. The van der Waals surface area contributed by atoms with Crippen molar-refractivity contribution in [1.82, 2.24) is 15.5 Å². The fraction of sp³-hybridized carbons (Fsp3) is 0.727. The maximum Gasteiger partial charge on any atom is 0.282 e. The molecule has 0 spiro atoms. The smallest absolute Gasteiger partial charge is 0.282 e. The molecule has 0 radical (unpaired) electrons. The van der Waals surface area contributed by atoms with Crippen LogP contribution in [0.25, 0.3) is 0 Å². The van der Waals surface area contributed by atoms with Crippen molar-refractivity contribution in [2.24, 2.45) is 5.92 Å². The predicted octanol–water partition coefficient (Wildman–Crippen LogP) is 2.14. The van der Waals surface area contributed by atoms with E-state index in [4.69, 9.17) is 0 Å². The normalized spacial score (nSPS) is 12.2. The Hall–Kier alpha value is -1.17. The first-order chi connectivity index (χ1) is 8.17. The Morgan fingerprint density at radius 3 is 2.82 bits per heavy atom. The van der Waals surface area contributed by atoms with Gasteiger partial charge >= 0.3 is 0 Å². The molecule has 1 rings (SSSR count). The monoisotopic (exact) mass is 256 g/mol. The first-order valence-electron chi connectivity index (χ1n) is 6.02. The average Bonchev–Trinajstić information content (AvgIpc) is 2.81. The number of hydrogen-bond donors (Lipinski definition) is 2. The highest BCUT2D eigenvalue weighted by molar-refractivity contribution is 7.17. The Morgan fingerprint density at radius 2 is 2.18 bits per heavy atom. The van der Waals surface area contributed by atoms with Crippen LogP contribution in [0.3, 0.4) is 0 Å². The standard InChI is InChI=1S/C11H20N4OS/c1-4-6-12-11-15-14-10(17-11)9(16)13-7-8(3)5-2/h8H,4-7H2,1-3H3,(H,12,15)(H,13,16). The third-order valence-electron chi connectivity index (χ3n) is 2.45. The third kappa shape index (κ3) is 4.68. The molecule has 17 heavy (non-hydrogen) atoms. The maximum atomic E-state index is 11.7. The molecule has 0 saturated heterocycles. The molecule has 0 saturated carbocycles. The summed E-state index contributed by atoms with van der Waals surface area (Å²) < 4.78 is 0. The fourth-order valence-electron chi connectivity index (χ4n) is 1.11. The second-order valence-electron chi connectivity index (χ2n) is 4.06. The molecule has 1 amide bonds. The van der Waals surface area contributed by atoms with E-state index >= 15 is 0 Å². The Morgan fingerprint density at radius 1 is 1.41 bits per heavy atom. The van der Waals surface area contributed by atoms with Crippen molar-refractivity contribution in [3.63, 3.8) is 0 Å². The van der Waals surface area contributed by atoms with Crippen LogP contribution < -0.4 is 10.6 Å². The highest BCUT2D eigenvalue weighted by Gasteiger charge is 2.12. The molecule has 6 heteroatoms. The summed E-state index contributed by atoms with van der Waals surface area (Å²) in [5.41, 5.74) is 0. The second kappa shape index (κ2) is 7.21. The molecule has 0 aliphatic rings. The van der Waals surface area contributed by atoms with E-state index in [0.717, 1.165) is 19.4 Å². The third-order valence-corrected chi connectivity index (χ3v) is 3.33. The lowest BCUT2D eigenvalue weighted by molar-refractivity contribution is 0.0946. The summed E-state index contributed by atoms with van der Waals surface area (Å²) in [5.74, 6) is 0.358. The molecule has 0 bridgehead atoms. The molecule has 1 unspecified atom stereocenters. The van der Waals surface area contributed by atoms with Gasteiger partial charge in [-0.2, -0.15) is 0 Å². The van der Waals surface area contributed by atoms with Crippen LogP contribution in [0.2, 0.25) is 0 Å². The molecule has 1 aromatic heterocycles. The van der Waals surface area contributed by atoms with Gasteiger partial charge in [-0.25, -0.2) is 0 Å². The summed E-state index contributed by atoms with van der Waals surface area (Å²) >= 11 is 1.29. The molecule has 0 aromatic carbocycles. The van der Waals surface area contributed by atoms with Crippen LogP contribution in [0.1, 0.15) is 43.4 Å². The SMILES string of the molecule is CCCNc1nnc(C(=O)NCC(C)CC)s1. The number of carbonyl (C=O) groups is 1.